The molecule has 2 saturated carbocycles. The predicted molar refractivity (Wildman–Crippen MR) is 168 cm³/mol. The maximum Gasteiger partial charge on any atom is 0.225 e. The largest absolute Gasteiger partial charge is 0.393 e. The number of carbonyl (C=O) groups is 1. The van der Waals surface area contributed by atoms with Crippen LogP contribution in [0.4, 0.5) is 0 Å². The van der Waals surface area contributed by atoms with Crippen LogP contribution in [0.2, 0.25) is 0 Å². The Morgan fingerprint density at radius 1 is 1.10 bits per heavy atom. The third-order valence-corrected chi connectivity index (χ3v) is 11.0. The van der Waals surface area contributed by atoms with Crippen molar-refractivity contribution in [3.8, 4) is 0 Å². The zero-order valence-electron chi connectivity index (χ0n) is 26.3. The molecule has 1 aromatic rings. The van der Waals surface area contributed by atoms with E-state index in [1.165, 1.54) is 35.4 Å². The lowest BCUT2D eigenvalue weighted by molar-refractivity contribution is -0.139. The molecule has 0 aromatic carbocycles. The summed E-state index contributed by atoms with van der Waals surface area (Å²) in [6.45, 7) is 12.5. The average Bonchev–Trinajstić information content (AvgIpc) is 3.73. The first-order chi connectivity index (χ1) is 19.9. The lowest BCUT2D eigenvalue weighted by Crippen LogP contribution is -2.43. The van der Waals surface area contributed by atoms with Crippen molar-refractivity contribution in [2.75, 3.05) is 26.3 Å². The summed E-state index contributed by atoms with van der Waals surface area (Å²) in [5.74, 6) is 3.51. The van der Waals surface area contributed by atoms with Crippen molar-refractivity contribution in [3.63, 3.8) is 0 Å². The molecule has 2 aliphatic heterocycles. The quantitative estimate of drug-likeness (QED) is 0.370. The van der Waals surface area contributed by atoms with Gasteiger partial charge in [-0.3, -0.25) is 4.79 Å². The Labute approximate surface area is 248 Å². The second-order valence-corrected chi connectivity index (χ2v) is 13.7. The Balaban J connectivity index is 1.35. The second kappa shape index (κ2) is 14.1. The van der Waals surface area contributed by atoms with Gasteiger partial charge in [-0.25, -0.2) is 0 Å². The van der Waals surface area contributed by atoms with E-state index in [0.717, 1.165) is 102 Å². The molecule has 5 rings (SSSR count). The number of aliphatic hydroxyl groups is 1. The van der Waals surface area contributed by atoms with Crippen molar-refractivity contribution in [3.05, 3.63) is 34.0 Å². The Morgan fingerprint density at radius 3 is 2.46 bits per heavy atom. The summed E-state index contributed by atoms with van der Waals surface area (Å²) in [5, 5.41) is 12.9. The Morgan fingerprint density at radius 2 is 1.80 bits per heavy atom. The van der Waals surface area contributed by atoms with Gasteiger partial charge in [-0.15, -0.1) is 0 Å². The summed E-state index contributed by atoms with van der Waals surface area (Å²) in [4.78, 5) is 15.3. The van der Waals surface area contributed by atoms with E-state index in [2.05, 4.69) is 61.6 Å². The minimum Gasteiger partial charge on any atom is -0.393 e. The van der Waals surface area contributed by atoms with Gasteiger partial charge in [0.05, 0.1) is 6.10 Å². The molecule has 4 aliphatic rings. The van der Waals surface area contributed by atoms with Crippen LogP contribution < -0.4 is 10.6 Å². The number of piperidine rings is 1. The molecule has 1 N–H and O–H groups in total. The van der Waals surface area contributed by atoms with E-state index in [-0.39, 0.29) is 12.0 Å². The molecular weight excluding hydrogens is 508 g/mol. The van der Waals surface area contributed by atoms with Gasteiger partial charge in [0.2, 0.25) is 5.91 Å². The van der Waals surface area contributed by atoms with Crippen LogP contribution in [-0.4, -0.2) is 52.9 Å². The number of likely N-dealkylation sites (tertiary alicyclic amines) is 1. The van der Waals surface area contributed by atoms with Gasteiger partial charge in [-0.1, -0.05) is 50.5 Å². The number of amides is 1. The van der Waals surface area contributed by atoms with E-state index in [1.807, 2.05) is 0 Å². The van der Waals surface area contributed by atoms with Gasteiger partial charge in [0.1, 0.15) is 0 Å². The highest BCUT2D eigenvalue weighted by Crippen LogP contribution is 2.50. The number of carbonyl (C=O) groups excluding carboxylic acids is 1. The van der Waals surface area contributed by atoms with Gasteiger partial charge >= 0.3 is 0 Å². The summed E-state index contributed by atoms with van der Waals surface area (Å²) in [6.07, 6.45) is 22.3. The molecule has 0 spiro atoms. The fourth-order valence-electron chi connectivity index (χ4n) is 8.23. The van der Waals surface area contributed by atoms with E-state index >= 15 is 0 Å². The maximum absolute atomic E-state index is 13.2. The maximum atomic E-state index is 13.2. The fraction of sp³-hybridized carbons (Fsp3) is 0.750. The lowest BCUT2D eigenvalue weighted by atomic mass is 9.88. The molecule has 2 aliphatic carbocycles. The van der Waals surface area contributed by atoms with Gasteiger partial charge in [0, 0.05) is 49.8 Å². The minimum absolute atomic E-state index is 0.140. The van der Waals surface area contributed by atoms with E-state index in [9.17, 15) is 9.90 Å². The first-order valence-corrected chi connectivity index (χ1v) is 17.0. The van der Waals surface area contributed by atoms with Gasteiger partial charge in [-0.05, 0) is 113 Å². The van der Waals surface area contributed by atoms with Crippen LogP contribution in [0.1, 0.15) is 122 Å². The minimum atomic E-state index is -0.140. The standard InChI is InChI=1S/C36H56N2O3/c1-5-8-25(3)32-23-33(32)26(4)9-7-10-31-34(24-38(35(31)6-2)29-11-13-30(39)14-12-29)27-15-19-37(20-16-27)36(40)28-17-21-41-22-18-28/h6,9-10,24-25,27-30,32-33,39H,5,7-8,11-23H2,1-4H3/b26-9+,31-10-,35-6-/t25-,29?,30?,32?,33?/m0/s1. The molecule has 4 fully saturated rings. The van der Waals surface area contributed by atoms with Crippen LogP contribution in [0.15, 0.2) is 17.8 Å². The number of nitrogens with zero attached hydrogens (tertiary/aromatic N) is 2. The van der Waals surface area contributed by atoms with Crippen molar-refractivity contribution in [1.82, 2.24) is 9.47 Å². The summed E-state index contributed by atoms with van der Waals surface area (Å²) in [5.41, 5.74) is 3.06. The fourth-order valence-corrected chi connectivity index (χ4v) is 8.23. The monoisotopic (exact) mass is 564 g/mol. The SMILES string of the molecule is C/C=c1/c(=C\C/C=C(\C)C2CC2[C@@H](C)CCC)c(C2CCN(C(=O)C3CCOCC3)CC2)cn1C1CCC(O)CC1. The molecule has 5 nitrogen and oxygen atoms in total. The number of ether oxygens (including phenoxy) is 1. The molecule has 1 amide bonds. The highest BCUT2D eigenvalue weighted by Gasteiger charge is 2.41. The van der Waals surface area contributed by atoms with E-state index in [1.54, 1.807) is 5.57 Å². The van der Waals surface area contributed by atoms with E-state index in [0.29, 0.717) is 17.9 Å². The summed E-state index contributed by atoms with van der Waals surface area (Å²) in [6, 6.07) is 0.463. The van der Waals surface area contributed by atoms with Crippen LogP contribution in [0.3, 0.4) is 0 Å². The van der Waals surface area contributed by atoms with E-state index < -0.39 is 0 Å². The first kappa shape index (κ1) is 30.6. The van der Waals surface area contributed by atoms with Crippen LogP contribution >= 0.6 is 0 Å². The van der Waals surface area contributed by atoms with Crippen LogP contribution in [0.25, 0.3) is 12.2 Å². The highest BCUT2D eigenvalue weighted by atomic mass is 16.5. The van der Waals surface area contributed by atoms with Gasteiger partial charge in [-0.2, -0.15) is 0 Å². The van der Waals surface area contributed by atoms with Gasteiger partial charge < -0.3 is 19.3 Å². The molecule has 1 aromatic heterocycles. The molecule has 228 valence electrons. The van der Waals surface area contributed by atoms with E-state index in [4.69, 9.17) is 4.74 Å². The third kappa shape index (κ3) is 7.21. The Kier molecular flexibility index (Phi) is 10.5. The summed E-state index contributed by atoms with van der Waals surface area (Å²) in [7, 11) is 0. The number of hydrogen-bond acceptors (Lipinski definition) is 3. The molecule has 0 bridgehead atoms. The molecule has 3 heterocycles. The molecule has 0 radical (unpaired) electrons. The summed E-state index contributed by atoms with van der Waals surface area (Å²) >= 11 is 0. The summed E-state index contributed by atoms with van der Waals surface area (Å²) < 4.78 is 8.04. The van der Waals surface area contributed by atoms with Crippen LogP contribution in [0.5, 0.6) is 0 Å². The van der Waals surface area contributed by atoms with Crippen molar-refractivity contribution in [2.24, 2.45) is 23.7 Å². The Hall–Kier alpha value is -1.85. The molecule has 5 heteroatoms. The normalized spacial score (nSPS) is 30.2. The average molecular weight is 565 g/mol. The van der Waals surface area contributed by atoms with Crippen LogP contribution in [0, 0.1) is 23.7 Å². The molecule has 2 saturated heterocycles. The lowest BCUT2D eigenvalue weighted by Gasteiger charge is -2.35. The third-order valence-electron chi connectivity index (χ3n) is 11.0. The molecule has 41 heavy (non-hydrogen) atoms. The number of allylic oxidation sites excluding steroid dienone is 2. The zero-order valence-corrected chi connectivity index (χ0v) is 26.3. The van der Waals surface area contributed by atoms with Crippen molar-refractivity contribution >= 4 is 18.1 Å². The number of aliphatic hydroxyl groups excluding tert-OH is 1. The predicted octanol–water partition coefficient (Wildman–Crippen LogP) is 6.09. The molecule has 2 unspecified atom stereocenters. The Bertz CT molecular complexity index is 1160. The van der Waals surface area contributed by atoms with Gasteiger partial charge in [0.25, 0.3) is 0 Å². The van der Waals surface area contributed by atoms with Gasteiger partial charge in [0.15, 0.2) is 0 Å². The van der Waals surface area contributed by atoms with Crippen molar-refractivity contribution in [2.45, 2.75) is 123 Å². The first-order valence-electron chi connectivity index (χ1n) is 17.0. The smallest absolute Gasteiger partial charge is 0.225 e. The molecule has 3 atom stereocenters. The second-order valence-electron chi connectivity index (χ2n) is 13.7. The zero-order chi connectivity index (χ0) is 28.9. The van der Waals surface area contributed by atoms with Crippen LogP contribution in [-0.2, 0) is 9.53 Å². The highest BCUT2D eigenvalue weighted by molar-refractivity contribution is 5.79. The number of aromatic nitrogens is 1. The number of rotatable bonds is 9. The topological polar surface area (TPSA) is 54.7 Å². The number of hydrogen-bond donors (Lipinski definition) is 1. The molecular formula is C36H56N2O3. The van der Waals surface area contributed by atoms with Crippen molar-refractivity contribution in [1.29, 1.82) is 0 Å². The van der Waals surface area contributed by atoms with Crippen molar-refractivity contribution < 1.29 is 14.6 Å².